The molecular weight excluding hydrogens is 517 g/mol. The van der Waals surface area contributed by atoms with E-state index in [-0.39, 0.29) is 29.9 Å². The van der Waals surface area contributed by atoms with E-state index in [4.69, 9.17) is 49.5 Å². The molecule has 0 aromatic heterocycles. The molecule has 0 rings (SSSR count). The molecule has 0 spiro atoms. The van der Waals surface area contributed by atoms with Crippen LogP contribution in [-0.2, 0) is 24.0 Å². The fourth-order valence-electron chi connectivity index (χ4n) is 0. The Morgan fingerprint density at radius 2 is 0.571 bits per heavy atom. The molecule has 0 bridgehead atoms. The fourth-order valence-corrected chi connectivity index (χ4v) is 0. The number of hydrogen-bond donors (Lipinski definition) is 3. The molecule has 3 N–H and O–H groups in total. The molecule has 0 aliphatic rings. The second kappa shape index (κ2) is 31.0. The van der Waals surface area contributed by atoms with Crippen molar-refractivity contribution >= 4 is 29.8 Å². The van der Waals surface area contributed by atoms with Crippen molar-refractivity contribution < 1.29 is 79.4 Å². The zero-order valence-electron chi connectivity index (χ0n) is 12.1. The van der Waals surface area contributed by atoms with Crippen LogP contribution in [0, 0.1) is 29.9 Å². The maximum absolute atomic E-state index is 9.00. The van der Waals surface area contributed by atoms with Crippen LogP contribution in [0.25, 0.3) is 0 Å². The third-order valence-electron chi connectivity index (χ3n) is 0. The van der Waals surface area contributed by atoms with E-state index in [2.05, 4.69) is 0 Å². The van der Waals surface area contributed by atoms with E-state index in [9.17, 15) is 0 Å². The van der Waals surface area contributed by atoms with Gasteiger partial charge in [0.05, 0.1) is 0 Å². The topological polar surface area (TPSA) is 192 Å². The molecule has 10 nitrogen and oxygen atoms in total. The van der Waals surface area contributed by atoms with Gasteiger partial charge in [-0.25, -0.2) is 0 Å². The van der Waals surface area contributed by atoms with Gasteiger partial charge in [-0.3, -0.25) is 14.4 Å². The first-order valence-corrected chi connectivity index (χ1v) is 4.60. The second-order valence-electron chi connectivity index (χ2n) is 2.54. The summed E-state index contributed by atoms with van der Waals surface area (Å²) >= 11 is 0. The van der Waals surface area contributed by atoms with Crippen LogP contribution in [0.1, 0.15) is 34.6 Å². The number of carbonyl (C=O) groups excluding carboxylic acids is 2. The van der Waals surface area contributed by atoms with Crippen LogP contribution < -0.4 is 10.2 Å². The molecule has 0 aliphatic heterocycles. The zero-order chi connectivity index (χ0) is 17.9. The first-order valence-electron chi connectivity index (χ1n) is 4.60. The molecule has 1 radical (unpaired) electrons. The van der Waals surface area contributed by atoms with Gasteiger partial charge in [0, 0.05) is 62.7 Å². The molecule has 0 heterocycles. The van der Waals surface area contributed by atoms with Gasteiger partial charge in [-0.05, 0) is 13.8 Å². The van der Waals surface area contributed by atoms with Crippen molar-refractivity contribution in [2.75, 3.05) is 0 Å². The van der Waals surface area contributed by atoms with E-state index in [1.807, 2.05) is 0 Å². The van der Waals surface area contributed by atoms with E-state index < -0.39 is 29.8 Å². The minimum absolute atomic E-state index is 0. The van der Waals surface area contributed by atoms with Gasteiger partial charge in [0.15, 0.2) is 0 Å². The van der Waals surface area contributed by atoms with Crippen LogP contribution in [0.3, 0.4) is 0 Å². The van der Waals surface area contributed by atoms with Gasteiger partial charge < -0.3 is 35.1 Å². The molecule has 125 valence electrons. The Balaban J connectivity index is -0.0000000331. The number of hydrogen-bond acceptors (Lipinski definition) is 7. The molecular formula is C10H18NpO10-2. The van der Waals surface area contributed by atoms with Crippen LogP contribution in [0.15, 0.2) is 0 Å². The summed E-state index contributed by atoms with van der Waals surface area (Å²) in [4.78, 5) is 44.8. The van der Waals surface area contributed by atoms with E-state index in [0.29, 0.717) is 0 Å². The maximum atomic E-state index is 9.00. The largest absolute Gasteiger partial charge is 0.550 e. The Kier molecular flexibility index (Phi) is 54.0. The van der Waals surface area contributed by atoms with Crippen LogP contribution >= 0.6 is 0 Å². The van der Waals surface area contributed by atoms with Gasteiger partial charge in [-0.15, -0.1) is 0 Å². The van der Waals surface area contributed by atoms with Crippen molar-refractivity contribution in [2.45, 2.75) is 34.6 Å². The van der Waals surface area contributed by atoms with Gasteiger partial charge in [0.25, 0.3) is 17.9 Å². The summed E-state index contributed by atoms with van der Waals surface area (Å²) in [5.41, 5.74) is 0. The first kappa shape index (κ1) is 36.6. The van der Waals surface area contributed by atoms with Crippen LogP contribution in [0.5, 0.6) is 0 Å². The molecule has 0 amide bonds. The van der Waals surface area contributed by atoms with E-state index in [0.717, 1.165) is 34.6 Å². The summed E-state index contributed by atoms with van der Waals surface area (Å²) in [6, 6.07) is 0. The zero-order valence-corrected chi connectivity index (χ0v) is 15.9. The van der Waals surface area contributed by atoms with Crippen molar-refractivity contribution in [1.82, 2.24) is 0 Å². The van der Waals surface area contributed by atoms with Crippen molar-refractivity contribution in [3.63, 3.8) is 0 Å². The van der Waals surface area contributed by atoms with Crippen molar-refractivity contribution in [1.29, 1.82) is 0 Å². The van der Waals surface area contributed by atoms with Crippen molar-refractivity contribution in [2.24, 2.45) is 0 Å². The molecule has 0 saturated heterocycles. The summed E-state index contributed by atoms with van der Waals surface area (Å²) in [7, 11) is 0. The SMILES string of the molecule is CC(=O)O.CC(=O)O.CC(=O)O.CC(=O)[O-].CC(=O)[O-].[Np]. The average Bonchev–Trinajstić information content (AvgIpc) is 1.94. The summed E-state index contributed by atoms with van der Waals surface area (Å²) < 4.78 is 0. The maximum Gasteiger partial charge on any atom is 0.300 e. The summed E-state index contributed by atoms with van der Waals surface area (Å²) in [6.45, 7) is 5.19. The smallest absolute Gasteiger partial charge is 0.300 e. The second-order valence-corrected chi connectivity index (χ2v) is 2.54. The van der Waals surface area contributed by atoms with Gasteiger partial charge >= 0.3 is 0 Å². The van der Waals surface area contributed by atoms with Gasteiger partial charge in [0.2, 0.25) is 0 Å². The van der Waals surface area contributed by atoms with Crippen molar-refractivity contribution in [3.8, 4) is 0 Å². The number of carboxylic acids is 5. The Hall–Kier alpha value is -1.64. The Morgan fingerprint density at radius 3 is 0.571 bits per heavy atom. The molecule has 0 aromatic rings. The summed E-state index contributed by atoms with van der Waals surface area (Å²) in [5.74, 6) is -4.67. The monoisotopic (exact) mass is 534 g/mol. The Morgan fingerprint density at radius 1 is 0.571 bits per heavy atom. The molecule has 0 aromatic carbocycles. The number of aliphatic carboxylic acids is 5. The van der Waals surface area contributed by atoms with Crippen LogP contribution in [-0.4, -0.2) is 45.2 Å². The minimum atomic E-state index is -1.08. The van der Waals surface area contributed by atoms with Crippen LogP contribution in [0.2, 0.25) is 0 Å². The standard InChI is InChI=1S/5C2H4O2.Np/c5*1-2(3)4;/h5*1H3,(H,3,4);/p-2. The van der Waals surface area contributed by atoms with Crippen LogP contribution in [0.4, 0.5) is 0 Å². The number of rotatable bonds is 0. The fraction of sp³-hybridized carbons (Fsp3) is 0.500. The van der Waals surface area contributed by atoms with E-state index >= 15 is 0 Å². The van der Waals surface area contributed by atoms with E-state index in [1.165, 1.54) is 0 Å². The Bertz CT molecular complexity index is 211. The third-order valence-corrected chi connectivity index (χ3v) is 0. The molecule has 0 aliphatic carbocycles. The predicted octanol–water partition coefficient (Wildman–Crippen LogP) is -2.21. The minimum Gasteiger partial charge on any atom is -0.550 e. The number of carboxylic acid groups (broad SMARTS) is 5. The van der Waals surface area contributed by atoms with Crippen molar-refractivity contribution in [3.05, 3.63) is 0 Å². The molecule has 0 unspecified atom stereocenters. The summed E-state index contributed by atoms with van der Waals surface area (Å²) in [6.07, 6.45) is 0. The summed E-state index contributed by atoms with van der Waals surface area (Å²) in [5, 5.41) is 40.0. The Labute approximate surface area is 144 Å². The molecule has 0 atom stereocenters. The quantitative estimate of drug-likeness (QED) is 0.306. The van der Waals surface area contributed by atoms with Gasteiger partial charge in [0.1, 0.15) is 0 Å². The number of carbonyl (C=O) groups is 5. The van der Waals surface area contributed by atoms with E-state index in [1.54, 1.807) is 0 Å². The third kappa shape index (κ3) is 1830. The molecule has 21 heavy (non-hydrogen) atoms. The van der Waals surface area contributed by atoms with Gasteiger partial charge in [-0.2, -0.15) is 0 Å². The molecule has 0 fully saturated rings. The normalized spacial score (nSPS) is 5.95. The molecule has 11 heteroatoms. The predicted molar refractivity (Wildman–Crippen MR) is 61.3 cm³/mol. The molecule has 0 saturated carbocycles. The first-order chi connectivity index (χ1) is 8.66. The average molecular weight is 535 g/mol. The van der Waals surface area contributed by atoms with Gasteiger partial charge in [-0.1, -0.05) is 0 Å².